The predicted molar refractivity (Wildman–Crippen MR) is 143 cm³/mol. The maximum Gasteiger partial charge on any atom is 0.338 e. The summed E-state index contributed by atoms with van der Waals surface area (Å²) < 4.78 is 49.5. The number of carbonyl (C=O) groups is 2. The highest BCUT2D eigenvalue weighted by molar-refractivity contribution is 7.92. The number of carbonyl (C=O) groups excluding carboxylic acids is 2. The van der Waals surface area contributed by atoms with Crippen LogP contribution in [0.3, 0.4) is 0 Å². The third kappa shape index (κ3) is 6.74. The molecule has 0 saturated carbocycles. The van der Waals surface area contributed by atoms with Crippen molar-refractivity contribution in [2.75, 3.05) is 43.6 Å². The van der Waals surface area contributed by atoms with E-state index in [1.165, 1.54) is 38.5 Å². The molecule has 0 saturated heterocycles. The Morgan fingerprint density at radius 3 is 2.21 bits per heavy atom. The standard InChI is InChI=1S/C27H30N2O8S/c1-5-36-22-12-10-21(11-13-22)29(38(32,33)23-14-15-24(34-3)25(17-23)35-4)18-26(30)28-20-9-7-8-19(16-20)27(31)37-6-2/h7-17H,5-6,18H2,1-4H3,(H,28,30). The fraction of sp³-hybridized carbons (Fsp3) is 0.259. The Hall–Kier alpha value is -4.25. The average Bonchev–Trinajstić information content (AvgIpc) is 2.92. The number of nitrogens with one attached hydrogen (secondary N) is 1. The molecule has 0 heterocycles. The van der Waals surface area contributed by atoms with Gasteiger partial charge in [-0.2, -0.15) is 0 Å². The largest absolute Gasteiger partial charge is 0.494 e. The van der Waals surface area contributed by atoms with Gasteiger partial charge >= 0.3 is 5.97 Å². The second-order valence-corrected chi connectivity index (χ2v) is 9.67. The van der Waals surface area contributed by atoms with E-state index in [1.807, 2.05) is 6.92 Å². The van der Waals surface area contributed by atoms with E-state index in [-0.39, 0.29) is 28.5 Å². The summed E-state index contributed by atoms with van der Waals surface area (Å²) in [6.45, 7) is 3.63. The number of sulfonamides is 1. The van der Waals surface area contributed by atoms with Gasteiger partial charge in [0, 0.05) is 11.8 Å². The highest BCUT2D eigenvalue weighted by Crippen LogP contribution is 2.32. The van der Waals surface area contributed by atoms with E-state index in [0.29, 0.717) is 23.8 Å². The van der Waals surface area contributed by atoms with Crippen molar-refractivity contribution in [1.29, 1.82) is 0 Å². The molecule has 0 unspecified atom stereocenters. The van der Waals surface area contributed by atoms with Gasteiger partial charge in [0.1, 0.15) is 12.3 Å². The molecule has 0 bridgehead atoms. The van der Waals surface area contributed by atoms with Crippen molar-refractivity contribution >= 4 is 33.3 Å². The smallest absolute Gasteiger partial charge is 0.338 e. The number of esters is 1. The molecule has 0 atom stereocenters. The van der Waals surface area contributed by atoms with Crippen LogP contribution >= 0.6 is 0 Å². The van der Waals surface area contributed by atoms with Gasteiger partial charge in [-0.1, -0.05) is 6.07 Å². The van der Waals surface area contributed by atoms with E-state index in [4.69, 9.17) is 18.9 Å². The van der Waals surface area contributed by atoms with Gasteiger partial charge in [0.05, 0.1) is 43.6 Å². The van der Waals surface area contributed by atoms with Crippen molar-refractivity contribution in [3.63, 3.8) is 0 Å². The van der Waals surface area contributed by atoms with E-state index in [2.05, 4.69) is 5.32 Å². The molecule has 0 aliphatic heterocycles. The van der Waals surface area contributed by atoms with Crippen LogP contribution in [0.25, 0.3) is 0 Å². The molecule has 3 rings (SSSR count). The lowest BCUT2D eigenvalue weighted by Gasteiger charge is -2.25. The quantitative estimate of drug-likeness (QED) is 0.340. The zero-order chi connectivity index (χ0) is 27.7. The fourth-order valence-electron chi connectivity index (χ4n) is 3.56. The lowest BCUT2D eigenvalue weighted by molar-refractivity contribution is -0.114. The SMILES string of the molecule is CCOC(=O)c1cccc(NC(=O)CN(c2ccc(OCC)cc2)S(=O)(=O)c2ccc(OC)c(OC)c2)c1. The van der Waals surface area contributed by atoms with Gasteiger partial charge in [-0.15, -0.1) is 0 Å². The second-order valence-electron chi connectivity index (χ2n) is 7.80. The molecule has 0 fully saturated rings. The molecule has 202 valence electrons. The minimum Gasteiger partial charge on any atom is -0.494 e. The average molecular weight is 543 g/mol. The Morgan fingerprint density at radius 1 is 0.868 bits per heavy atom. The van der Waals surface area contributed by atoms with Crippen molar-refractivity contribution in [1.82, 2.24) is 0 Å². The molecule has 0 aliphatic rings. The van der Waals surface area contributed by atoms with Gasteiger partial charge in [0.2, 0.25) is 5.91 Å². The first-order chi connectivity index (χ1) is 18.2. The van der Waals surface area contributed by atoms with E-state index < -0.39 is 28.4 Å². The van der Waals surface area contributed by atoms with Gasteiger partial charge in [0.25, 0.3) is 10.0 Å². The monoisotopic (exact) mass is 542 g/mol. The Bertz CT molecular complexity index is 1370. The summed E-state index contributed by atoms with van der Waals surface area (Å²) in [6.07, 6.45) is 0. The second kappa shape index (κ2) is 12.8. The Kier molecular flexibility index (Phi) is 9.55. The highest BCUT2D eigenvalue weighted by atomic mass is 32.2. The molecular formula is C27H30N2O8S. The Labute approximate surface area is 222 Å². The molecule has 38 heavy (non-hydrogen) atoms. The fourth-order valence-corrected chi connectivity index (χ4v) is 5.00. The Morgan fingerprint density at radius 2 is 1.58 bits per heavy atom. The maximum absolute atomic E-state index is 13.8. The van der Waals surface area contributed by atoms with Gasteiger partial charge in [-0.25, -0.2) is 13.2 Å². The first kappa shape index (κ1) is 28.3. The summed E-state index contributed by atoms with van der Waals surface area (Å²) in [4.78, 5) is 25.0. The van der Waals surface area contributed by atoms with Crippen LogP contribution in [0.2, 0.25) is 0 Å². The van der Waals surface area contributed by atoms with Gasteiger partial charge in [0.15, 0.2) is 11.5 Å². The first-order valence-electron chi connectivity index (χ1n) is 11.8. The van der Waals surface area contributed by atoms with Crippen molar-refractivity contribution in [2.24, 2.45) is 0 Å². The van der Waals surface area contributed by atoms with Crippen molar-refractivity contribution in [3.05, 3.63) is 72.3 Å². The number of anilines is 2. The number of rotatable bonds is 12. The third-order valence-electron chi connectivity index (χ3n) is 5.32. The van der Waals surface area contributed by atoms with Crippen LogP contribution in [0.4, 0.5) is 11.4 Å². The molecule has 10 nitrogen and oxygen atoms in total. The third-order valence-corrected chi connectivity index (χ3v) is 7.09. The van der Waals surface area contributed by atoms with Crippen molar-refractivity contribution in [3.8, 4) is 17.2 Å². The Balaban J connectivity index is 1.95. The molecule has 0 spiro atoms. The number of amides is 1. The van der Waals surface area contributed by atoms with E-state index in [9.17, 15) is 18.0 Å². The zero-order valence-corrected chi connectivity index (χ0v) is 22.4. The van der Waals surface area contributed by atoms with Crippen LogP contribution in [0.1, 0.15) is 24.2 Å². The summed E-state index contributed by atoms with van der Waals surface area (Å²) >= 11 is 0. The van der Waals surface area contributed by atoms with E-state index in [0.717, 1.165) is 4.31 Å². The normalized spacial score (nSPS) is 10.8. The van der Waals surface area contributed by atoms with Gasteiger partial charge < -0.3 is 24.3 Å². The van der Waals surface area contributed by atoms with E-state index >= 15 is 0 Å². The zero-order valence-electron chi connectivity index (χ0n) is 21.6. The van der Waals surface area contributed by atoms with Crippen LogP contribution in [-0.4, -0.2) is 54.3 Å². The number of benzene rings is 3. The van der Waals surface area contributed by atoms with Crippen LogP contribution in [0.15, 0.2) is 71.6 Å². The lowest BCUT2D eigenvalue weighted by atomic mass is 10.2. The van der Waals surface area contributed by atoms with Crippen LogP contribution < -0.4 is 23.8 Å². The molecule has 0 aliphatic carbocycles. The number of methoxy groups -OCH3 is 2. The van der Waals surface area contributed by atoms with Crippen molar-refractivity contribution < 1.29 is 37.0 Å². The molecule has 11 heteroatoms. The van der Waals surface area contributed by atoms with Crippen LogP contribution in [-0.2, 0) is 19.6 Å². The van der Waals surface area contributed by atoms with E-state index in [1.54, 1.807) is 49.4 Å². The lowest BCUT2D eigenvalue weighted by Crippen LogP contribution is -2.38. The molecule has 3 aromatic carbocycles. The molecule has 1 N–H and O–H groups in total. The number of ether oxygens (including phenoxy) is 4. The topological polar surface area (TPSA) is 120 Å². The summed E-state index contributed by atoms with van der Waals surface area (Å²) in [6, 6.07) is 16.7. The molecule has 0 radical (unpaired) electrons. The van der Waals surface area contributed by atoms with Crippen LogP contribution in [0.5, 0.6) is 17.2 Å². The maximum atomic E-state index is 13.8. The molecule has 3 aromatic rings. The van der Waals surface area contributed by atoms with Crippen molar-refractivity contribution in [2.45, 2.75) is 18.7 Å². The first-order valence-corrected chi connectivity index (χ1v) is 13.2. The number of hydrogen-bond donors (Lipinski definition) is 1. The molecular weight excluding hydrogens is 512 g/mol. The highest BCUT2D eigenvalue weighted by Gasteiger charge is 2.28. The summed E-state index contributed by atoms with van der Waals surface area (Å²) in [5, 5.41) is 2.65. The van der Waals surface area contributed by atoms with Gasteiger partial charge in [-0.3, -0.25) is 9.10 Å². The van der Waals surface area contributed by atoms with Crippen LogP contribution in [0, 0.1) is 0 Å². The number of nitrogens with zero attached hydrogens (tertiary/aromatic N) is 1. The molecule has 1 amide bonds. The summed E-state index contributed by atoms with van der Waals surface area (Å²) in [5.41, 5.74) is 0.820. The molecule has 0 aromatic heterocycles. The minimum atomic E-state index is -4.23. The summed E-state index contributed by atoms with van der Waals surface area (Å²) in [7, 11) is -1.39. The number of hydrogen-bond acceptors (Lipinski definition) is 8. The van der Waals surface area contributed by atoms with Gasteiger partial charge in [-0.05, 0) is 68.4 Å². The predicted octanol–water partition coefficient (Wildman–Crippen LogP) is 4.11. The minimum absolute atomic E-state index is 0.0962. The summed E-state index contributed by atoms with van der Waals surface area (Å²) in [5.74, 6) is -0.0155.